The molecule has 0 bridgehead atoms. The molecular weight excluding hydrogens is 307 g/mol. The van der Waals surface area contributed by atoms with Gasteiger partial charge in [-0.05, 0) is 5.56 Å². The molecule has 15 heavy (non-hydrogen) atoms. The van der Waals surface area contributed by atoms with Gasteiger partial charge in [-0.1, -0.05) is 52.9 Å². The Kier molecular flexibility index (Phi) is 5.04. The summed E-state index contributed by atoms with van der Waals surface area (Å²) in [6.07, 6.45) is -0.605. The third-order valence-electron chi connectivity index (χ3n) is 1.93. The summed E-state index contributed by atoms with van der Waals surface area (Å²) in [7, 11) is 0. The lowest BCUT2D eigenvalue weighted by Gasteiger charge is -2.17. The van der Waals surface area contributed by atoms with Crippen LogP contribution in [0.5, 0.6) is 0 Å². The monoisotopic (exact) mass is 320 g/mol. The largest absolute Gasteiger partial charge is 0.465 e. The molecule has 0 aromatic heterocycles. The lowest BCUT2D eigenvalue weighted by molar-refractivity contribution is -0.141. The van der Waals surface area contributed by atoms with E-state index in [1.807, 2.05) is 30.3 Å². The van der Waals surface area contributed by atoms with Crippen LogP contribution >= 0.6 is 22.6 Å². The molecule has 0 amide bonds. The number of rotatable bonds is 4. The van der Waals surface area contributed by atoms with Gasteiger partial charge >= 0.3 is 5.97 Å². The summed E-state index contributed by atoms with van der Waals surface area (Å²) >= 11 is 2.08. The van der Waals surface area contributed by atoms with Gasteiger partial charge in [0.15, 0.2) is 0 Å². The van der Waals surface area contributed by atoms with Crippen molar-refractivity contribution in [3.05, 3.63) is 35.9 Å². The second-order valence-electron chi connectivity index (χ2n) is 3.17. The minimum Gasteiger partial charge on any atom is -0.465 e. The van der Waals surface area contributed by atoms with E-state index in [2.05, 4.69) is 22.6 Å². The number of hydrogen-bond acceptors (Lipinski definition) is 3. The molecule has 82 valence electrons. The molecule has 1 aromatic carbocycles. The van der Waals surface area contributed by atoms with Gasteiger partial charge in [0.2, 0.25) is 0 Å². The molecule has 1 rings (SSSR count). The molecule has 0 aliphatic heterocycles. The smallest absolute Gasteiger partial charge is 0.302 e. The first-order valence-electron chi connectivity index (χ1n) is 4.61. The summed E-state index contributed by atoms with van der Waals surface area (Å²) < 4.78 is 4.71. The van der Waals surface area contributed by atoms with Crippen molar-refractivity contribution in [1.82, 2.24) is 0 Å². The van der Waals surface area contributed by atoms with Crippen molar-refractivity contribution >= 4 is 28.6 Å². The van der Waals surface area contributed by atoms with Gasteiger partial charge in [-0.2, -0.15) is 0 Å². The molecule has 2 atom stereocenters. The van der Waals surface area contributed by atoms with E-state index in [4.69, 9.17) is 4.74 Å². The zero-order chi connectivity index (χ0) is 11.3. The van der Waals surface area contributed by atoms with Gasteiger partial charge in [0.1, 0.15) is 6.61 Å². The highest BCUT2D eigenvalue weighted by atomic mass is 127. The van der Waals surface area contributed by atoms with Crippen molar-refractivity contribution in [2.24, 2.45) is 0 Å². The van der Waals surface area contributed by atoms with Crippen LogP contribution in [-0.4, -0.2) is 21.6 Å². The van der Waals surface area contributed by atoms with Gasteiger partial charge in [0.05, 0.1) is 10.0 Å². The van der Waals surface area contributed by atoms with Crippen LogP contribution in [0.3, 0.4) is 0 Å². The minimum absolute atomic E-state index is 0.131. The highest BCUT2D eigenvalue weighted by molar-refractivity contribution is 14.1. The van der Waals surface area contributed by atoms with Gasteiger partial charge < -0.3 is 9.84 Å². The lowest BCUT2D eigenvalue weighted by atomic mass is 10.1. The van der Waals surface area contributed by atoms with Crippen molar-refractivity contribution < 1.29 is 14.6 Å². The Labute approximate surface area is 103 Å². The molecule has 0 spiro atoms. The summed E-state index contributed by atoms with van der Waals surface area (Å²) in [5, 5.41) is 9.90. The molecule has 0 saturated heterocycles. The maximum atomic E-state index is 10.6. The molecule has 4 heteroatoms. The Morgan fingerprint density at radius 2 is 2.07 bits per heavy atom. The van der Waals surface area contributed by atoms with Gasteiger partial charge in [0.25, 0.3) is 0 Å². The molecule has 0 aliphatic rings. The molecular formula is C11H13IO3. The summed E-state index contributed by atoms with van der Waals surface area (Å²) in [4.78, 5) is 10.6. The molecule has 0 fully saturated rings. The van der Waals surface area contributed by atoms with Gasteiger partial charge in [-0.3, -0.25) is 4.79 Å². The fourth-order valence-electron chi connectivity index (χ4n) is 1.15. The number of alkyl halides is 1. The van der Waals surface area contributed by atoms with Crippen LogP contribution in [0.2, 0.25) is 0 Å². The van der Waals surface area contributed by atoms with E-state index in [0.29, 0.717) is 0 Å². The highest BCUT2D eigenvalue weighted by Gasteiger charge is 2.18. The van der Waals surface area contributed by atoms with Crippen molar-refractivity contribution in [2.75, 3.05) is 6.61 Å². The summed E-state index contributed by atoms with van der Waals surface area (Å²) in [5.74, 6) is -0.322. The van der Waals surface area contributed by atoms with E-state index in [0.717, 1.165) is 5.56 Å². The Morgan fingerprint density at radius 1 is 1.47 bits per heavy atom. The number of halogens is 1. The normalized spacial score (nSPS) is 14.3. The van der Waals surface area contributed by atoms with E-state index in [9.17, 15) is 9.90 Å². The topological polar surface area (TPSA) is 46.5 Å². The van der Waals surface area contributed by atoms with Crippen molar-refractivity contribution in [1.29, 1.82) is 0 Å². The molecule has 2 unspecified atom stereocenters. The van der Waals surface area contributed by atoms with Gasteiger partial charge in [-0.15, -0.1) is 0 Å². The molecule has 1 aromatic rings. The van der Waals surface area contributed by atoms with E-state index in [1.165, 1.54) is 6.92 Å². The minimum atomic E-state index is -0.605. The fourth-order valence-corrected chi connectivity index (χ4v) is 1.74. The first-order chi connectivity index (χ1) is 7.11. The summed E-state index contributed by atoms with van der Waals surface area (Å²) in [6.45, 7) is 1.59. The fraction of sp³-hybridized carbons (Fsp3) is 0.364. The van der Waals surface area contributed by atoms with Crippen LogP contribution in [0.25, 0.3) is 0 Å². The predicted molar refractivity (Wildman–Crippen MR) is 65.8 cm³/mol. The van der Waals surface area contributed by atoms with Gasteiger partial charge in [0, 0.05) is 6.92 Å². The lowest BCUT2D eigenvalue weighted by Crippen LogP contribution is -2.19. The van der Waals surface area contributed by atoms with Crippen LogP contribution < -0.4 is 0 Å². The number of aliphatic hydroxyl groups is 1. The van der Waals surface area contributed by atoms with E-state index < -0.39 is 6.10 Å². The van der Waals surface area contributed by atoms with E-state index in [-0.39, 0.29) is 16.5 Å². The molecule has 0 radical (unpaired) electrons. The SMILES string of the molecule is CC(=O)OCC(I)C(O)c1ccccc1. The second-order valence-corrected chi connectivity index (χ2v) is 4.77. The third-order valence-corrected chi connectivity index (χ3v) is 2.97. The maximum absolute atomic E-state index is 10.6. The number of esters is 1. The first kappa shape index (κ1) is 12.4. The van der Waals surface area contributed by atoms with Crippen LogP contribution in [0, 0.1) is 0 Å². The number of ether oxygens (including phenoxy) is 1. The Bertz CT molecular complexity index is 313. The van der Waals surface area contributed by atoms with Crippen molar-refractivity contribution in [3.8, 4) is 0 Å². The molecule has 0 aliphatic carbocycles. The second kappa shape index (κ2) is 6.07. The van der Waals surface area contributed by atoms with Crippen LogP contribution in [0.1, 0.15) is 18.6 Å². The Hall–Kier alpha value is -0.620. The third kappa shape index (κ3) is 4.17. The Balaban J connectivity index is 2.53. The number of aliphatic hydroxyl groups excluding tert-OH is 1. The van der Waals surface area contributed by atoms with Crippen LogP contribution in [0.4, 0.5) is 0 Å². The molecule has 1 N–H and O–H groups in total. The molecule has 0 saturated carbocycles. The van der Waals surface area contributed by atoms with Crippen molar-refractivity contribution in [3.63, 3.8) is 0 Å². The zero-order valence-electron chi connectivity index (χ0n) is 8.39. The summed E-state index contributed by atoms with van der Waals surface area (Å²) in [5.41, 5.74) is 0.837. The highest BCUT2D eigenvalue weighted by Crippen LogP contribution is 2.22. The Morgan fingerprint density at radius 3 is 2.60 bits per heavy atom. The van der Waals surface area contributed by atoms with Crippen LogP contribution in [0.15, 0.2) is 30.3 Å². The summed E-state index contributed by atoms with van der Waals surface area (Å²) in [6, 6.07) is 9.33. The molecule has 0 heterocycles. The zero-order valence-corrected chi connectivity index (χ0v) is 10.5. The standard InChI is InChI=1S/C11H13IO3/c1-8(13)15-7-10(12)11(14)9-5-3-2-4-6-9/h2-6,10-11,14H,7H2,1H3. The number of benzene rings is 1. The first-order valence-corrected chi connectivity index (χ1v) is 5.86. The number of carbonyl (C=O) groups excluding carboxylic acids is 1. The average molecular weight is 320 g/mol. The number of hydrogen-bond donors (Lipinski definition) is 1. The van der Waals surface area contributed by atoms with E-state index >= 15 is 0 Å². The predicted octanol–water partition coefficient (Wildman–Crippen LogP) is 2.09. The molecule has 3 nitrogen and oxygen atoms in total. The quantitative estimate of drug-likeness (QED) is 0.525. The van der Waals surface area contributed by atoms with Crippen LogP contribution in [-0.2, 0) is 9.53 Å². The number of carbonyl (C=O) groups is 1. The average Bonchev–Trinajstić information content (AvgIpc) is 2.26. The van der Waals surface area contributed by atoms with E-state index in [1.54, 1.807) is 0 Å². The maximum Gasteiger partial charge on any atom is 0.302 e. The van der Waals surface area contributed by atoms with Gasteiger partial charge in [-0.25, -0.2) is 0 Å². The van der Waals surface area contributed by atoms with Crippen molar-refractivity contribution in [2.45, 2.75) is 17.0 Å².